The molecule has 0 fully saturated rings. The molecule has 0 bridgehead atoms. The minimum Gasteiger partial charge on any atom is -0.481 e. The number of nitrogens with one attached hydrogen (secondary N) is 6. The summed E-state index contributed by atoms with van der Waals surface area (Å²) in [6.45, 7) is 10.3. The lowest BCUT2D eigenvalue weighted by Crippen LogP contribution is -2.62. The molecule has 1 aromatic rings. The van der Waals surface area contributed by atoms with Crippen molar-refractivity contribution in [1.82, 2.24) is 31.9 Å². The van der Waals surface area contributed by atoms with Crippen LogP contribution in [0.1, 0.15) is 97.1 Å². The zero-order valence-electron chi connectivity index (χ0n) is 35.3. The second-order valence-corrected chi connectivity index (χ2v) is 16.9. The highest BCUT2D eigenvalue weighted by atomic mass is 79.9. The molecule has 0 radical (unpaired) electrons. The predicted octanol–water partition coefficient (Wildman–Crippen LogP) is -0.0701. The number of aliphatic carboxylic acids is 3. The molecule has 6 amide bonds. The van der Waals surface area contributed by atoms with Crippen LogP contribution in [0, 0.1) is 18.3 Å². The average molecular weight is 928 g/mol. The molecule has 1 aromatic carbocycles. The lowest BCUT2D eigenvalue weighted by atomic mass is 9.76. The third-order valence-electron chi connectivity index (χ3n) is 9.29. The summed E-state index contributed by atoms with van der Waals surface area (Å²) in [7, 11) is -1.88. The molecule has 0 aromatic heterocycles. The number of alkyl halides is 1. The highest BCUT2D eigenvalue weighted by molar-refractivity contribution is 9.09. The average Bonchev–Trinajstić information content (AvgIpc) is 3.14. The molecule has 1 unspecified atom stereocenters. The van der Waals surface area contributed by atoms with Gasteiger partial charge in [-0.25, -0.2) is 0 Å². The van der Waals surface area contributed by atoms with Crippen LogP contribution in [0.5, 0.6) is 0 Å². The van der Waals surface area contributed by atoms with E-state index in [0.717, 1.165) is 5.56 Å². The fourth-order valence-electron chi connectivity index (χ4n) is 5.97. The molecule has 6 atom stereocenters. The van der Waals surface area contributed by atoms with Gasteiger partial charge in [0.2, 0.25) is 35.4 Å². The predicted molar refractivity (Wildman–Crippen MR) is 225 cm³/mol. The van der Waals surface area contributed by atoms with Gasteiger partial charge < -0.3 is 57.3 Å². The monoisotopic (exact) mass is 926 g/mol. The zero-order chi connectivity index (χ0) is 46.6. The molecule has 0 heterocycles. The number of carbonyl (C=O) groups is 9. The normalized spacial score (nSPS) is 14.2. The van der Waals surface area contributed by atoms with E-state index in [-0.39, 0.29) is 25.2 Å². The molecule has 0 spiro atoms. The van der Waals surface area contributed by atoms with E-state index >= 15 is 0 Å². The Hall–Kier alpha value is -5.09. The highest BCUT2D eigenvalue weighted by Gasteiger charge is 2.39. The summed E-state index contributed by atoms with van der Waals surface area (Å²) >= 11 is 3.27. The van der Waals surface area contributed by atoms with E-state index in [1.54, 1.807) is 52.0 Å². The number of amides is 6. The van der Waals surface area contributed by atoms with Crippen molar-refractivity contribution in [2.45, 2.75) is 135 Å². The van der Waals surface area contributed by atoms with Gasteiger partial charge in [-0.1, -0.05) is 74.8 Å². The van der Waals surface area contributed by atoms with Gasteiger partial charge in [0.15, 0.2) is 0 Å². The number of carboxylic acid groups (broad SMARTS) is 3. The van der Waals surface area contributed by atoms with E-state index < -0.39 is 134 Å². The molecule has 20 nitrogen and oxygen atoms in total. The summed E-state index contributed by atoms with van der Waals surface area (Å²) in [5.74, 6) is -11.0. The minimum atomic E-state index is -1.88. The molecule has 0 aliphatic carbocycles. The second-order valence-electron chi connectivity index (χ2n) is 16.2. The number of carboxylic acids is 3. The summed E-state index contributed by atoms with van der Waals surface area (Å²) in [6, 6.07) is -0.601. The van der Waals surface area contributed by atoms with Crippen molar-refractivity contribution in [2.24, 2.45) is 11.3 Å². The number of halogens is 1. The lowest BCUT2D eigenvalue weighted by Gasteiger charge is -2.34. The van der Waals surface area contributed by atoms with Gasteiger partial charge in [-0.3, -0.25) is 43.2 Å². The first kappa shape index (κ1) is 53.9. The number of aryl methyl sites for hydroxylation is 1. The van der Waals surface area contributed by atoms with Gasteiger partial charge in [0, 0.05) is 24.6 Å². The maximum atomic E-state index is 14.3. The molecule has 0 saturated carbocycles. The minimum absolute atomic E-state index is 0.116. The smallest absolute Gasteiger partial charge is 0.475 e. The number of rotatable bonds is 27. The summed E-state index contributed by atoms with van der Waals surface area (Å²) in [5.41, 5.74) is 0.294. The largest absolute Gasteiger partial charge is 0.481 e. The zero-order valence-corrected chi connectivity index (χ0v) is 36.9. The first-order valence-corrected chi connectivity index (χ1v) is 20.9. The van der Waals surface area contributed by atoms with Crippen molar-refractivity contribution < 1.29 is 68.5 Å². The number of carbonyl (C=O) groups excluding carboxylic acids is 6. The molecule has 22 heteroatoms. The molecule has 340 valence electrons. The number of hydrogen-bond acceptors (Lipinski definition) is 11. The van der Waals surface area contributed by atoms with Crippen LogP contribution < -0.4 is 31.9 Å². The summed E-state index contributed by atoms with van der Waals surface area (Å²) < 4.78 is 0. The van der Waals surface area contributed by atoms with Crippen LogP contribution in [-0.2, 0) is 49.6 Å². The fraction of sp³-hybridized carbons (Fsp3) is 0.615. The highest BCUT2D eigenvalue weighted by Crippen LogP contribution is 2.21. The number of hydrogen-bond donors (Lipinski definition) is 11. The molecule has 0 aliphatic heterocycles. The Morgan fingerprint density at radius 1 is 0.656 bits per heavy atom. The van der Waals surface area contributed by atoms with Crippen molar-refractivity contribution in [2.75, 3.05) is 5.33 Å². The molecule has 0 aliphatic rings. The standard InChI is InChI=1S/C39H60BBrN6O14/c1-21(2)18-25(36(57)46-28(40(60)61)12-9-17-41)45-38(59)33(39(4,5)6)47-37(58)26(19-23-11-8-7-10-22(23)3)44-34(55)24(13-15-30(49)50)43-35(56)27(20-32(53)54)42-29(48)14-16-31(51)52/h7-8,10-11,21,24-28,33,60-61H,9,12-20H2,1-6H3,(H,42,48)(H,43,56)(H,44,55)(H,45,59)(H,46,57)(H,47,58)(H,49,50)(H,51,52)(H,53,54)/t24-,25-,26-,27-,28?,33+/m0/s1. The Bertz CT molecular complexity index is 1710. The van der Waals surface area contributed by atoms with Gasteiger partial charge in [0.05, 0.1) is 18.8 Å². The van der Waals surface area contributed by atoms with Crippen LogP contribution in [0.25, 0.3) is 0 Å². The quantitative estimate of drug-likeness (QED) is 0.0407. The van der Waals surface area contributed by atoms with Gasteiger partial charge in [-0.05, 0) is 55.1 Å². The van der Waals surface area contributed by atoms with Crippen molar-refractivity contribution >= 4 is 76.4 Å². The van der Waals surface area contributed by atoms with E-state index in [0.29, 0.717) is 17.3 Å². The maximum Gasteiger partial charge on any atom is 0.475 e. The third kappa shape index (κ3) is 20.8. The fourth-order valence-corrected chi connectivity index (χ4v) is 6.30. The summed E-state index contributed by atoms with van der Waals surface area (Å²) in [4.78, 5) is 115. The Morgan fingerprint density at radius 3 is 1.72 bits per heavy atom. The molecule has 0 saturated heterocycles. The Morgan fingerprint density at radius 2 is 1.20 bits per heavy atom. The number of benzene rings is 1. The van der Waals surface area contributed by atoms with Gasteiger partial charge in [0.1, 0.15) is 30.2 Å². The van der Waals surface area contributed by atoms with Crippen LogP contribution in [0.2, 0.25) is 0 Å². The van der Waals surface area contributed by atoms with Crippen LogP contribution >= 0.6 is 15.9 Å². The summed E-state index contributed by atoms with van der Waals surface area (Å²) in [5, 5.41) is 62.8. The maximum absolute atomic E-state index is 14.3. The van der Waals surface area contributed by atoms with Crippen LogP contribution in [0.15, 0.2) is 24.3 Å². The summed E-state index contributed by atoms with van der Waals surface area (Å²) in [6.07, 6.45) is -2.71. The van der Waals surface area contributed by atoms with Crippen LogP contribution in [0.3, 0.4) is 0 Å². The topological polar surface area (TPSA) is 327 Å². The first-order valence-electron chi connectivity index (χ1n) is 19.8. The first-order chi connectivity index (χ1) is 28.4. The van der Waals surface area contributed by atoms with E-state index in [1.165, 1.54) is 0 Å². The van der Waals surface area contributed by atoms with Crippen molar-refractivity contribution in [3.05, 3.63) is 35.4 Å². The van der Waals surface area contributed by atoms with E-state index in [1.807, 2.05) is 13.8 Å². The molecule has 61 heavy (non-hydrogen) atoms. The van der Waals surface area contributed by atoms with Crippen molar-refractivity contribution in [3.8, 4) is 0 Å². The van der Waals surface area contributed by atoms with E-state index in [2.05, 4.69) is 47.8 Å². The van der Waals surface area contributed by atoms with Gasteiger partial charge in [0.25, 0.3) is 0 Å². The second kappa shape index (κ2) is 26.3. The van der Waals surface area contributed by atoms with Gasteiger partial charge in [-0.15, -0.1) is 0 Å². The Labute approximate surface area is 363 Å². The van der Waals surface area contributed by atoms with Crippen LogP contribution in [-0.4, -0.2) is 127 Å². The molecular weight excluding hydrogens is 867 g/mol. The molecular formula is C39H60BBrN6O14. The van der Waals surface area contributed by atoms with E-state index in [4.69, 9.17) is 5.11 Å². The Balaban J connectivity index is 3.55. The lowest BCUT2D eigenvalue weighted by molar-refractivity contribution is -0.142. The Kier molecular flexibility index (Phi) is 23.2. The van der Waals surface area contributed by atoms with Crippen molar-refractivity contribution in [1.29, 1.82) is 0 Å². The van der Waals surface area contributed by atoms with Crippen molar-refractivity contribution in [3.63, 3.8) is 0 Å². The van der Waals surface area contributed by atoms with Gasteiger partial charge in [-0.2, -0.15) is 0 Å². The van der Waals surface area contributed by atoms with Crippen LogP contribution in [0.4, 0.5) is 0 Å². The van der Waals surface area contributed by atoms with E-state index in [9.17, 15) is 63.4 Å². The SMILES string of the molecule is Cc1ccccc1C[C@H](NC(=O)[C@H](CCC(=O)O)NC(=O)[C@H](CC(=O)O)NC(=O)CCC(=O)O)C(=O)N[C@H](C(=O)N[C@@H](CC(C)C)C(=O)NC(CCCBr)B(O)O)C(C)(C)C. The molecule has 1 rings (SSSR count). The van der Waals surface area contributed by atoms with Gasteiger partial charge >= 0.3 is 25.0 Å². The molecule has 11 N–H and O–H groups in total. The third-order valence-corrected chi connectivity index (χ3v) is 9.85.